The number of benzene rings is 2. The van der Waals surface area contributed by atoms with E-state index in [0.29, 0.717) is 17.8 Å². The van der Waals surface area contributed by atoms with Crippen molar-refractivity contribution in [2.75, 3.05) is 6.61 Å². The Labute approximate surface area is 201 Å². The highest BCUT2D eigenvalue weighted by molar-refractivity contribution is 5.84. The molecule has 1 atom stereocenters. The predicted molar refractivity (Wildman–Crippen MR) is 137 cm³/mol. The van der Waals surface area contributed by atoms with Crippen LogP contribution in [0.1, 0.15) is 63.8 Å². The lowest BCUT2D eigenvalue weighted by Gasteiger charge is -2.12. The molecule has 0 fully saturated rings. The maximum atomic E-state index is 14.9. The molecule has 5 heteroatoms. The Morgan fingerprint density at radius 2 is 1.94 bits per heavy atom. The number of allylic oxidation sites excluding steroid dienone is 2. The van der Waals surface area contributed by atoms with E-state index in [1.54, 1.807) is 48.7 Å². The minimum Gasteiger partial charge on any atom is -0.379 e. The van der Waals surface area contributed by atoms with Crippen LogP contribution in [0.4, 0.5) is 8.78 Å². The van der Waals surface area contributed by atoms with Gasteiger partial charge in [0, 0.05) is 35.7 Å². The van der Waals surface area contributed by atoms with Crippen molar-refractivity contribution in [3.63, 3.8) is 0 Å². The van der Waals surface area contributed by atoms with E-state index in [1.807, 2.05) is 6.08 Å². The van der Waals surface area contributed by atoms with Crippen LogP contribution in [-0.2, 0) is 11.2 Å². The average Bonchev–Trinajstić information content (AvgIpc) is 2.84. The first kappa shape index (κ1) is 25.7. The zero-order valence-corrected chi connectivity index (χ0v) is 20.2. The molecule has 0 saturated heterocycles. The van der Waals surface area contributed by atoms with Crippen molar-refractivity contribution in [3.8, 4) is 11.1 Å². The fraction of sp³-hybridized carbons (Fsp3) is 0.379. The third-order valence-electron chi connectivity index (χ3n) is 5.81. The number of rotatable bonds is 13. The number of nitrogens with zero attached hydrogens (tertiary/aromatic N) is 2. The highest BCUT2D eigenvalue weighted by atomic mass is 19.2. The van der Waals surface area contributed by atoms with Gasteiger partial charge in [0.1, 0.15) is 5.82 Å². The van der Waals surface area contributed by atoms with Crippen molar-refractivity contribution >= 4 is 17.0 Å². The van der Waals surface area contributed by atoms with Crippen molar-refractivity contribution in [3.05, 3.63) is 78.3 Å². The van der Waals surface area contributed by atoms with E-state index in [0.717, 1.165) is 43.2 Å². The van der Waals surface area contributed by atoms with Gasteiger partial charge in [0.2, 0.25) is 0 Å². The van der Waals surface area contributed by atoms with Crippen LogP contribution in [0, 0.1) is 11.6 Å². The lowest BCUT2D eigenvalue weighted by Crippen LogP contribution is -2.08. The molecule has 0 aliphatic carbocycles. The molecule has 3 nitrogen and oxygen atoms in total. The minimum absolute atomic E-state index is 0.222. The number of fused-ring (bicyclic) bond motifs is 1. The molecule has 180 valence electrons. The largest absolute Gasteiger partial charge is 0.379 e. The first-order valence-corrected chi connectivity index (χ1v) is 12.2. The standard InChI is InChI=1S/C29H34F2N2O/c1-4-6-10-18-34-21(3)12-8-7-9-13-22-14-16-25(29(31)28(22)30)23-15-17-26-24(19-23)20-32-27(33-26)11-5-2/h5,9,13-17,19-21H,2,4,6-8,10-12,18H2,1,3H3/b13-9+. The monoisotopic (exact) mass is 464 g/mol. The summed E-state index contributed by atoms with van der Waals surface area (Å²) in [5.74, 6) is -1.00. The minimum atomic E-state index is -0.847. The number of ether oxygens (including phenoxy) is 1. The topological polar surface area (TPSA) is 35.0 Å². The highest BCUT2D eigenvalue weighted by Crippen LogP contribution is 2.29. The number of hydrogen-bond donors (Lipinski definition) is 0. The SMILES string of the molecule is C=CCc1ncc2cc(-c3ccc(/C=C/CCCC(C)OCCCCC)c(F)c3F)ccc2n1. The van der Waals surface area contributed by atoms with Crippen LogP contribution in [0.15, 0.2) is 55.3 Å². The molecule has 0 radical (unpaired) electrons. The van der Waals surface area contributed by atoms with E-state index in [4.69, 9.17) is 4.74 Å². The van der Waals surface area contributed by atoms with Crippen molar-refractivity contribution in [2.24, 2.45) is 0 Å². The number of halogens is 2. The van der Waals surface area contributed by atoms with Gasteiger partial charge in [-0.2, -0.15) is 0 Å². The number of unbranched alkanes of at least 4 members (excludes halogenated alkanes) is 3. The smallest absolute Gasteiger partial charge is 0.167 e. The summed E-state index contributed by atoms with van der Waals surface area (Å²) in [7, 11) is 0. The zero-order chi connectivity index (χ0) is 24.3. The molecule has 0 aliphatic heterocycles. The van der Waals surface area contributed by atoms with Crippen LogP contribution in [0.2, 0.25) is 0 Å². The van der Waals surface area contributed by atoms with Crippen molar-refractivity contribution in [2.45, 2.75) is 64.9 Å². The molecule has 1 aromatic heterocycles. The zero-order valence-electron chi connectivity index (χ0n) is 20.2. The molecule has 34 heavy (non-hydrogen) atoms. The van der Waals surface area contributed by atoms with Crippen LogP contribution < -0.4 is 0 Å². The van der Waals surface area contributed by atoms with E-state index in [-0.39, 0.29) is 17.2 Å². The molecular weight excluding hydrogens is 430 g/mol. The fourth-order valence-electron chi connectivity index (χ4n) is 3.84. The normalized spacial score (nSPS) is 12.5. The van der Waals surface area contributed by atoms with Crippen LogP contribution in [0.3, 0.4) is 0 Å². The van der Waals surface area contributed by atoms with Gasteiger partial charge in [0.05, 0.1) is 11.6 Å². The van der Waals surface area contributed by atoms with Crippen LogP contribution in [0.5, 0.6) is 0 Å². The van der Waals surface area contributed by atoms with E-state index in [2.05, 4.69) is 30.4 Å². The molecular formula is C29H34F2N2O. The molecule has 0 bridgehead atoms. The molecule has 3 rings (SSSR count). The molecule has 0 aliphatic rings. The lowest BCUT2D eigenvalue weighted by molar-refractivity contribution is 0.0566. The van der Waals surface area contributed by atoms with Crippen LogP contribution in [-0.4, -0.2) is 22.7 Å². The summed E-state index contributed by atoms with van der Waals surface area (Å²) in [5, 5.41) is 0.776. The first-order valence-electron chi connectivity index (χ1n) is 12.2. The molecule has 0 spiro atoms. The van der Waals surface area contributed by atoms with E-state index >= 15 is 0 Å². The summed E-state index contributed by atoms with van der Waals surface area (Å²) < 4.78 is 35.5. The van der Waals surface area contributed by atoms with Gasteiger partial charge in [0.15, 0.2) is 11.6 Å². The molecule has 0 saturated carbocycles. The van der Waals surface area contributed by atoms with Gasteiger partial charge in [-0.15, -0.1) is 6.58 Å². The fourth-order valence-corrected chi connectivity index (χ4v) is 3.84. The van der Waals surface area contributed by atoms with Crippen LogP contribution in [0.25, 0.3) is 28.1 Å². The van der Waals surface area contributed by atoms with E-state index < -0.39 is 11.6 Å². The van der Waals surface area contributed by atoms with Gasteiger partial charge < -0.3 is 4.74 Å². The Bertz CT molecular complexity index is 1130. The predicted octanol–water partition coefficient (Wildman–Crippen LogP) is 8.08. The first-order chi connectivity index (χ1) is 16.5. The summed E-state index contributed by atoms with van der Waals surface area (Å²) in [6, 6.07) is 8.59. The van der Waals surface area contributed by atoms with Gasteiger partial charge in [0.25, 0.3) is 0 Å². The van der Waals surface area contributed by atoms with Crippen molar-refractivity contribution in [1.29, 1.82) is 0 Å². The third-order valence-corrected chi connectivity index (χ3v) is 5.81. The second-order valence-electron chi connectivity index (χ2n) is 8.60. The molecule has 1 unspecified atom stereocenters. The summed E-state index contributed by atoms with van der Waals surface area (Å²) in [6.45, 7) is 8.77. The van der Waals surface area contributed by atoms with Crippen molar-refractivity contribution < 1.29 is 13.5 Å². The molecule has 0 amide bonds. The molecule has 3 aromatic rings. The van der Waals surface area contributed by atoms with Crippen molar-refractivity contribution in [1.82, 2.24) is 9.97 Å². The van der Waals surface area contributed by atoms with Gasteiger partial charge in [-0.25, -0.2) is 18.7 Å². The van der Waals surface area contributed by atoms with E-state index in [9.17, 15) is 8.78 Å². The quantitative estimate of drug-likeness (QED) is 0.189. The summed E-state index contributed by atoms with van der Waals surface area (Å²) >= 11 is 0. The Morgan fingerprint density at radius 1 is 1.09 bits per heavy atom. The van der Waals surface area contributed by atoms with Gasteiger partial charge in [-0.05, 0) is 50.3 Å². The third kappa shape index (κ3) is 7.04. The average molecular weight is 465 g/mol. The van der Waals surface area contributed by atoms with Gasteiger partial charge in [-0.1, -0.05) is 56.2 Å². The Balaban J connectivity index is 1.61. The van der Waals surface area contributed by atoms with Crippen LogP contribution >= 0.6 is 0 Å². The number of hydrogen-bond acceptors (Lipinski definition) is 3. The number of aromatic nitrogens is 2. The molecule has 2 aromatic carbocycles. The maximum Gasteiger partial charge on any atom is 0.167 e. The Morgan fingerprint density at radius 3 is 2.74 bits per heavy atom. The van der Waals surface area contributed by atoms with E-state index in [1.165, 1.54) is 12.8 Å². The highest BCUT2D eigenvalue weighted by Gasteiger charge is 2.14. The Kier molecular flexibility index (Phi) is 9.89. The second kappa shape index (κ2) is 13.1. The maximum absolute atomic E-state index is 14.9. The molecule has 1 heterocycles. The second-order valence-corrected chi connectivity index (χ2v) is 8.60. The summed E-state index contributed by atoms with van der Waals surface area (Å²) in [5.41, 5.74) is 1.83. The van der Waals surface area contributed by atoms with Gasteiger partial charge >= 0.3 is 0 Å². The summed E-state index contributed by atoms with van der Waals surface area (Å²) in [4.78, 5) is 8.77. The van der Waals surface area contributed by atoms with Gasteiger partial charge in [-0.3, -0.25) is 0 Å². The lowest BCUT2D eigenvalue weighted by atomic mass is 10.0. The molecule has 0 N–H and O–H groups in total. The Hall–Kier alpha value is -2.92. The summed E-state index contributed by atoms with van der Waals surface area (Å²) in [6.07, 6.45) is 14.0.